The van der Waals surface area contributed by atoms with E-state index in [1.54, 1.807) is 16.0 Å². The molecule has 2 aromatic rings. The summed E-state index contributed by atoms with van der Waals surface area (Å²) in [6.45, 7) is 1.55. The van der Waals surface area contributed by atoms with Gasteiger partial charge in [0.25, 0.3) is 11.8 Å². The van der Waals surface area contributed by atoms with E-state index in [9.17, 15) is 13.6 Å². The smallest absolute Gasteiger partial charge is 0.276 e. The lowest BCUT2D eigenvalue weighted by Gasteiger charge is -2.32. The molecule has 0 N–H and O–H groups in total. The molecule has 9 heteroatoms. The number of carbonyl (C=O) groups is 1. The van der Waals surface area contributed by atoms with Gasteiger partial charge < -0.3 is 9.32 Å². The zero-order valence-electron chi connectivity index (χ0n) is 13.6. The minimum atomic E-state index is -2.64. The van der Waals surface area contributed by atoms with Crippen LogP contribution in [0.3, 0.4) is 0 Å². The molecule has 25 heavy (non-hydrogen) atoms. The molecule has 0 spiro atoms. The molecule has 0 radical (unpaired) electrons. The Morgan fingerprint density at radius 2 is 2.28 bits per heavy atom. The van der Waals surface area contributed by atoms with E-state index in [1.165, 1.54) is 12.7 Å². The average Bonchev–Trinajstić information content (AvgIpc) is 3.29. The zero-order chi connectivity index (χ0) is 17.4. The Bertz CT molecular complexity index is 746. The van der Waals surface area contributed by atoms with Crippen LogP contribution in [0.1, 0.15) is 29.0 Å². The topological polar surface area (TPSA) is 67.4 Å². The number of halogens is 2. The van der Waals surface area contributed by atoms with Crippen molar-refractivity contribution in [1.29, 1.82) is 0 Å². The van der Waals surface area contributed by atoms with E-state index in [0.717, 1.165) is 5.69 Å². The number of aromatic nitrogens is 3. The number of fused-ring (bicyclic) bond motifs is 1. The SMILES string of the molecule is O=C(c1cocn1)N1Cc2ccnn2CCC1CN1CCC(F)(F)C1. The summed E-state index contributed by atoms with van der Waals surface area (Å²) in [5.41, 5.74) is 1.15. The van der Waals surface area contributed by atoms with Crippen molar-refractivity contribution < 1.29 is 18.0 Å². The molecule has 0 aliphatic carbocycles. The molecule has 0 bridgehead atoms. The number of alkyl halides is 2. The fourth-order valence-corrected chi connectivity index (χ4v) is 3.58. The van der Waals surface area contributed by atoms with Gasteiger partial charge in [0, 0.05) is 38.3 Å². The van der Waals surface area contributed by atoms with Crippen molar-refractivity contribution in [3.05, 3.63) is 36.3 Å². The molecule has 4 heterocycles. The summed E-state index contributed by atoms with van der Waals surface area (Å²) >= 11 is 0. The van der Waals surface area contributed by atoms with Crippen molar-refractivity contribution in [1.82, 2.24) is 24.6 Å². The fourth-order valence-electron chi connectivity index (χ4n) is 3.58. The van der Waals surface area contributed by atoms with Crippen molar-refractivity contribution in [2.45, 2.75) is 37.9 Å². The summed E-state index contributed by atoms with van der Waals surface area (Å²) in [4.78, 5) is 20.2. The average molecular weight is 351 g/mol. The maximum atomic E-state index is 13.5. The lowest BCUT2D eigenvalue weighted by atomic mass is 10.1. The molecule has 4 rings (SSSR count). The van der Waals surface area contributed by atoms with E-state index in [4.69, 9.17) is 4.42 Å². The predicted octanol–water partition coefficient (Wildman–Crippen LogP) is 1.63. The summed E-state index contributed by atoms with van der Waals surface area (Å²) in [7, 11) is 0. The summed E-state index contributed by atoms with van der Waals surface area (Å²) in [6.07, 6.45) is 4.76. The van der Waals surface area contributed by atoms with Gasteiger partial charge in [-0.1, -0.05) is 0 Å². The highest BCUT2D eigenvalue weighted by atomic mass is 19.3. The number of amides is 1. The van der Waals surface area contributed by atoms with Gasteiger partial charge in [-0.05, 0) is 12.5 Å². The van der Waals surface area contributed by atoms with E-state index in [2.05, 4.69) is 10.1 Å². The van der Waals surface area contributed by atoms with E-state index in [1.807, 2.05) is 10.7 Å². The Morgan fingerprint density at radius 3 is 3.00 bits per heavy atom. The first-order valence-electron chi connectivity index (χ1n) is 8.32. The van der Waals surface area contributed by atoms with Crippen molar-refractivity contribution in [3.8, 4) is 0 Å². The molecule has 1 atom stereocenters. The van der Waals surface area contributed by atoms with Crippen LogP contribution >= 0.6 is 0 Å². The number of nitrogens with zero attached hydrogens (tertiary/aromatic N) is 5. The molecule has 2 aromatic heterocycles. The number of carbonyl (C=O) groups excluding carboxylic acids is 1. The molecule has 2 aliphatic rings. The van der Waals surface area contributed by atoms with Crippen LogP contribution in [0.4, 0.5) is 8.78 Å². The van der Waals surface area contributed by atoms with Crippen LogP contribution < -0.4 is 0 Å². The van der Waals surface area contributed by atoms with E-state index in [0.29, 0.717) is 32.6 Å². The number of likely N-dealkylation sites (tertiary alicyclic amines) is 1. The number of aryl methyl sites for hydroxylation is 1. The maximum absolute atomic E-state index is 13.5. The number of rotatable bonds is 3. The van der Waals surface area contributed by atoms with E-state index < -0.39 is 5.92 Å². The Balaban J connectivity index is 1.56. The molecule has 0 saturated carbocycles. The van der Waals surface area contributed by atoms with Gasteiger partial charge in [0.2, 0.25) is 0 Å². The normalized spacial score (nSPS) is 23.4. The molecule has 0 aromatic carbocycles. The molecule has 1 amide bonds. The molecular formula is C16H19F2N5O2. The Hall–Kier alpha value is -2.29. The summed E-state index contributed by atoms with van der Waals surface area (Å²) < 4.78 is 33.8. The van der Waals surface area contributed by atoms with E-state index >= 15 is 0 Å². The van der Waals surface area contributed by atoms with Crippen LogP contribution in [0.5, 0.6) is 0 Å². The van der Waals surface area contributed by atoms with Gasteiger partial charge in [0.1, 0.15) is 6.26 Å². The third-order valence-corrected chi connectivity index (χ3v) is 4.88. The van der Waals surface area contributed by atoms with Crippen molar-refractivity contribution >= 4 is 5.91 Å². The largest absolute Gasteiger partial charge is 0.451 e. The van der Waals surface area contributed by atoms with Crippen molar-refractivity contribution in [3.63, 3.8) is 0 Å². The molecule has 1 saturated heterocycles. The second-order valence-corrected chi connectivity index (χ2v) is 6.64. The molecule has 1 unspecified atom stereocenters. The quantitative estimate of drug-likeness (QED) is 0.841. The molecule has 1 fully saturated rings. The van der Waals surface area contributed by atoms with Gasteiger partial charge in [-0.3, -0.25) is 14.4 Å². The summed E-state index contributed by atoms with van der Waals surface area (Å²) in [5.74, 6) is -2.89. The second kappa shape index (κ2) is 6.21. The Kier molecular flexibility index (Phi) is 4.03. The highest BCUT2D eigenvalue weighted by Gasteiger charge is 2.40. The van der Waals surface area contributed by atoms with E-state index in [-0.39, 0.29) is 30.6 Å². The highest BCUT2D eigenvalue weighted by molar-refractivity contribution is 5.92. The van der Waals surface area contributed by atoms with Gasteiger partial charge in [-0.15, -0.1) is 0 Å². The van der Waals surface area contributed by atoms with Gasteiger partial charge in [-0.2, -0.15) is 5.10 Å². The summed E-state index contributed by atoms with van der Waals surface area (Å²) in [5, 5.41) is 4.27. The van der Waals surface area contributed by atoms with Crippen molar-refractivity contribution in [2.75, 3.05) is 19.6 Å². The van der Waals surface area contributed by atoms with Crippen molar-refractivity contribution in [2.24, 2.45) is 0 Å². The van der Waals surface area contributed by atoms with Crippen LogP contribution in [-0.2, 0) is 13.1 Å². The lowest BCUT2D eigenvalue weighted by molar-refractivity contribution is 0.00919. The zero-order valence-corrected chi connectivity index (χ0v) is 13.6. The van der Waals surface area contributed by atoms with Crippen LogP contribution in [0.15, 0.2) is 29.3 Å². The number of oxazole rings is 1. The first-order valence-corrected chi connectivity index (χ1v) is 8.32. The van der Waals surface area contributed by atoms with Crippen LogP contribution in [0.2, 0.25) is 0 Å². The Labute approximate surface area is 143 Å². The van der Waals surface area contributed by atoms with Crippen LogP contribution in [0.25, 0.3) is 0 Å². The van der Waals surface area contributed by atoms with Crippen LogP contribution in [-0.4, -0.2) is 62.1 Å². The standard InChI is InChI=1S/C16H19F2N5O2/c17-16(18)3-6-21(10-16)7-12-2-5-23-13(1-4-20-23)8-22(12)15(24)14-9-25-11-19-14/h1,4,9,11-12H,2-3,5-8,10H2. The first-order chi connectivity index (χ1) is 12.0. The molecular weight excluding hydrogens is 332 g/mol. The fraction of sp³-hybridized carbons (Fsp3) is 0.562. The lowest BCUT2D eigenvalue weighted by Crippen LogP contribution is -2.46. The van der Waals surface area contributed by atoms with Gasteiger partial charge in [0.15, 0.2) is 12.1 Å². The van der Waals surface area contributed by atoms with Gasteiger partial charge in [0.05, 0.1) is 18.8 Å². The monoisotopic (exact) mass is 351 g/mol. The first kappa shape index (κ1) is 16.2. The Morgan fingerprint density at radius 1 is 1.40 bits per heavy atom. The van der Waals surface area contributed by atoms with Gasteiger partial charge >= 0.3 is 0 Å². The third-order valence-electron chi connectivity index (χ3n) is 4.88. The van der Waals surface area contributed by atoms with Crippen LogP contribution in [0, 0.1) is 0 Å². The molecule has 7 nitrogen and oxygen atoms in total. The number of hydrogen-bond acceptors (Lipinski definition) is 5. The van der Waals surface area contributed by atoms with Gasteiger partial charge in [-0.25, -0.2) is 13.8 Å². The maximum Gasteiger partial charge on any atom is 0.276 e. The second-order valence-electron chi connectivity index (χ2n) is 6.64. The third kappa shape index (κ3) is 3.28. The minimum Gasteiger partial charge on any atom is -0.451 e. The molecule has 134 valence electrons. The minimum absolute atomic E-state index is 0.126. The summed E-state index contributed by atoms with van der Waals surface area (Å²) in [6, 6.07) is 1.69. The molecule has 2 aliphatic heterocycles. The predicted molar refractivity (Wildman–Crippen MR) is 83.0 cm³/mol. The highest BCUT2D eigenvalue weighted by Crippen LogP contribution is 2.28. The number of hydrogen-bond donors (Lipinski definition) is 0.